The Morgan fingerprint density at radius 2 is 1.83 bits per heavy atom. The predicted molar refractivity (Wildman–Crippen MR) is 64.2 cm³/mol. The predicted octanol–water partition coefficient (Wildman–Crippen LogP) is 0.575. The first-order valence-electron chi connectivity index (χ1n) is 6.50. The lowest BCUT2D eigenvalue weighted by atomic mass is 10.1. The average molecular weight is 256 g/mol. The molecule has 0 aliphatic heterocycles. The molecule has 0 atom stereocenters. The van der Waals surface area contributed by atoms with Gasteiger partial charge in [-0.25, -0.2) is 9.59 Å². The fourth-order valence-corrected chi connectivity index (χ4v) is 2.13. The van der Waals surface area contributed by atoms with Crippen molar-refractivity contribution in [3.05, 3.63) is 0 Å². The lowest BCUT2D eigenvalue weighted by Gasteiger charge is -2.18. The van der Waals surface area contributed by atoms with Crippen molar-refractivity contribution in [3.63, 3.8) is 0 Å². The van der Waals surface area contributed by atoms with Crippen molar-refractivity contribution in [2.24, 2.45) is 11.8 Å². The molecule has 0 aromatic rings. The van der Waals surface area contributed by atoms with Gasteiger partial charge in [0.2, 0.25) is 0 Å². The minimum Gasteiger partial charge on any atom is -0.480 e. The number of aliphatic carboxylic acids is 1. The van der Waals surface area contributed by atoms with Crippen LogP contribution >= 0.6 is 0 Å². The van der Waals surface area contributed by atoms with Crippen molar-refractivity contribution in [1.29, 1.82) is 0 Å². The number of nitrogens with one attached hydrogen (secondary N) is 2. The van der Waals surface area contributed by atoms with Gasteiger partial charge in [-0.1, -0.05) is 0 Å². The molecule has 2 aliphatic rings. The van der Waals surface area contributed by atoms with Crippen LogP contribution in [-0.2, 0) is 9.53 Å². The number of carboxylic acids is 1. The molecule has 0 spiro atoms. The molecule has 0 unspecified atom stereocenters. The number of carboxylic acid groups (broad SMARTS) is 1. The first-order chi connectivity index (χ1) is 8.66. The molecule has 0 aromatic carbocycles. The van der Waals surface area contributed by atoms with E-state index < -0.39 is 5.97 Å². The van der Waals surface area contributed by atoms with Crippen molar-refractivity contribution in [1.82, 2.24) is 10.6 Å². The van der Waals surface area contributed by atoms with Crippen LogP contribution < -0.4 is 10.6 Å². The maximum Gasteiger partial charge on any atom is 0.329 e. The van der Waals surface area contributed by atoms with Gasteiger partial charge in [-0.05, 0) is 37.5 Å². The molecular weight excluding hydrogens is 236 g/mol. The minimum atomic E-state index is -0.998. The summed E-state index contributed by atoms with van der Waals surface area (Å²) in [6.45, 7) is 0.231. The molecule has 2 fully saturated rings. The molecule has 0 bridgehead atoms. The molecular formula is C12H20N2O4. The molecule has 6 heteroatoms. The van der Waals surface area contributed by atoms with E-state index in [0.29, 0.717) is 24.4 Å². The molecule has 2 aliphatic carbocycles. The summed E-state index contributed by atoms with van der Waals surface area (Å²) in [6, 6.07) is 0.169. The lowest BCUT2D eigenvalue weighted by molar-refractivity contribution is -0.142. The number of carbonyl (C=O) groups is 2. The third kappa shape index (κ3) is 4.52. The summed E-state index contributed by atoms with van der Waals surface area (Å²) in [5.41, 5.74) is 0. The number of ether oxygens (including phenoxy) is 1. The summed E-state index contributed by atoms with van der Waals surface area (Å²) in [7, 11) is 0. The number of carbonyl (C=O) groups excluding carboxylic acids is 1. The summed E-state index contributed by atoms with van der Waals surface area (Å²) in [4.78, 5) is 21.8. The van der Waals surface area contributed by atoms with E-state index in [1.54, 1.807) is 0 Å². The zero-order chi connectivity index (χ0) is 13.0. The zero-order valence-corrected chi connectivity index (χ0v) is 10.4. The molecule has 102 valence electrons. The first-order valence-corrected chi connectivity index (χ1v) is 6.50. The van der Waals surface area contributed by atoms with Crippen molar-refractivity contribution < 1.29 is 19.4 Å². The number of urea groups is 1. The van der Waals surface area contributed by atoms with Crippen molar-refractivity contribution >= 4 is 12.0 Å². The van der Waals surface area contributed by atoms with Crippen molar-refractivity contribution in [2.75, 3.05) is 19.8 Å². The molecule has 0 saturated heterocycles. The van der Waals surface area contributed by atoms with Gasteiger partial charge in [0, 0.05) is 12.6 Å². The molecule has 0 aromatic heterocycles. The summed E-state index contributed by atoms with van der Waals surface area (Å²) >= 11 is 0. The standard InChI is InChI=1S/C12H20N2O4/c15-10(16)7-18-6-5-13-12(17)14-11(8-1-2-8)9-3-4-9/h8-9,11H,1-7H2,(H,15,16)(H2,13,14,17). The molecule has 0 heterocycles. The number of hydrogen-bond donors (Lipinski definition) is 3. The van der Waals surface area contributed by atoms with Crippen LogP contribution in [0.3, 0.4) is 0 Å². The molecule has 3 N–H and O–H groups in total. The fourth-order valence-electron chi connectivity index (χ4n) is 2.13. The monoisotopic (exact) mass is 256 g/mol. The summed E-state index contributed by atoms with van der Waals surface area (Å²) < 4.78 is 4.83. The van der Waals surface area contributed by atoms with Gasteiger partial charge in [-0.15, -0.1) is 0 Å². The summed E-state index contributed by atoms with van der Waals surface area (Å²) in [5.74, 6) is 0.347. The number of hydrogen-bond acceptors (Lipinski definition) is 3. The Morgan fingerprint density at radius 3 is 2.33 bits per heavy atom. The lowest BCUT2D eigenvalue weighted by Crippen LogP contribution is -2.45. The van der Waals surface area contributed by atoms with Gasteiger partial charge < -0.3 is 20.5 Å². The van der Waals surface area contributed by atoms with E-state index in [0.717, 1.165) is 0 Å². The van der Waals surface area contributed by atoms with Crippen LogP contribution in [0.25, 0.3) is 0 Å². The molecule has 2 amide bonds. The van der Waals surface area contributed by atoms with Crippen LogP contribution in [0.2, 0.25) is 0 Å². The van der Waals surface area contributed by atoms with Gasteiger partial charge in [0.05, 0.1) is 6.61 Å². The van der Waals surface area contributed by atoms with Crippen LogP contribution in [-0.4, -0.2) is 42.9 Å². The minimum absolute atomic E-state index is 0.169. The molecule has 2 rings (SSSR count). The summed E-state index contributed by atoms with van der Waals surface area (Å²) in [6.07, 6.45) is 4.90. The molecule has 6 nitrogen and oxygen atoms in total. The van der Waals surface area contributed by atoms with E-state index in [4.69, 9.17) is 9.84 Å². The SMILES string of the molecule is O=C(O)COCCNC(=O)NC(C1CC1)C1CC1. The zero-order valence-electron chi connectivity index (χ0n) is 10.4. The Balaban J connectivity index is 1.55. The van der Waals surface area contributed by atoms with Crippen molar-refractivity contribution in [3.8, 4) is 0 Å². The van der Waals surface area contributed by atoms with Gasteiger partial charge in [0.25, 0.3) is 0 Å². The maximum absolute atomic E-state index is 11.6. The van der Waals surface area contributed by atoms with Gasteiger partial charge in [-0.3, -0.25) is 0 Å². The second-order valence-corrected chi connectivity index (χ2v) is 5.05. The van der Waals surface area contributed by atoms with Crippen LogP contribution in [0.1, 0.15) is 25.7 Å². The Bertz CT molecular complexity index is 301. The van der Waals surface area contributed by atoms with E-state index >= 15 is 0 Å². The number of amides is 2. The Morgan fingerprint density at radius 1 is 1.22 bits per heavy atom. The van der Waals surface area contributed by atoms with E-state index in [1.165, 1.54) is 25.7 Å². The quantitative estimate of drug-likeness (QED) is 0.554. The second-order valence-electron chi connectivity index (χ2n) is 5.05. The Labute approximate surface area is 106 Å². The molecule has 0 radical (unpaired) electrons. The highest BCUT2D eigenvalue weighted by atomic mass is 16.5. The maximum atomic E-state index is 11.6. The largest absolute Gasteiger partial charge is 0.480 e. The van der Waals surface area contributed by atoms with Gasteiger partial charge in [0.1, 0.15) is 6.61 Å². The average Bonchev–Trinajstić information content (AvgIpc) is 3.15. The van der Waals surface area contributed by atoms with E-state index in [1.807, 2.05) is 0 Å². The van der Waals surface area contributed by atoms with E-state index in [2.05, 4.69) is 10.6 Å². The van der Waals surface area contributed by atoms with Crippen molar-refractivity contribution in [2.45, 2.75) is 31.7 Å². The summed E-state index contributed by atoms with van der Waals surface area (Å²) in [5, 5.41) is 14.1. The fraction of sp³-hybridized carbons (Fsp3) is 0.833. The van der Waals surface area contributed by atoms with Crippen LogP contribution in [0.5, 0.6) is 0 Å². The highest BCUT2D eigenvalue weighted by Crippen LogP contribution is 2.44. The highest BCUT2D eigenvalue weighted by Gasteiger charge is 2.42. The third-order valence-corrected chi connectivity index (χ3v) is 3.32. The van der Waals surface area contributed by atoms with E-state index in [-0.39, 0.29) is 19.2 Å². The van der Waals surface area contributed by atoms with Crippen LogP contribution in [0.4, 0.5) is 4.79 Å². The normalized spacial score (nSPS) is 18.7. The topological polar surface area (TPSA) is 87.7 Å². The molecule has 18 heavy (non-hydrogen) atoms. The van der Waals surface area contributed by atoms with E-state index in [9.17, 15) is 9.59 Å². The van der Waals surface area contributed by atoms with Gasteiger partial charge in [-0.2, -0.15) is 0 Å². The number of rotatable bonds is 8. The van der Waals surface area contributed by atoms with Crippen LogP contribution in [0.15, 0.2) is 0 Å². The highest BCUT2D eigenvalue weighted by molar-refractivity contribution is 5.74. The smallest absolute Gasteiger partial charge is 0.329 e. The van der Waals surface area contributed by atoms with Gasteiger partial charge >= 0.3 is 12.0 Å². The first kappa shape index (κ1) is 13.1. The van der Waals surface area contributed by atoms with Gasteiger partial charge in [0.15, 0.2) is 0 Å². The second kappa shape index (κ2) is 6.04. The Hall–Kier alpha value is -1.30. The third-order valence-electron chi connectivity index (χ3n) is 3.32. The van der Waals surface area contributed by atoms with Crippen LogP contribution in [0, 0.1) is 11.8 Å². The molecule has 2 saturated carbocycles. The Kier molecular flexibility index (Phi) is 4.41.